The molecule has 1 aliphatic carbocycles. The van der Waals surface area contributed by atoms with Crippen LogP contribution in [-0.4, -0.2) is 18.7 Å². The quantitative estimate of drug-likeness (QED) is 0.836. The van der Waals surface area contributed by atoms with Crippen LogP contribution in [-0.2, 0) is 0 Å². The monoisotopic (exact) mass is 246 g/mol. The van der Waals surface area contributed by atoms with E-state index in [-0.39, 0.29) is 0 Å². The first-order valence-corrected chi connectivity index (χ1v) is 7.11. The number of anilines is 2. The molecule has 0 saturated heterocycles. The lowest BCUT2D eigenvalue weighted by molar-refractivity contribution is 0.342. The molecule has 18 heavy (non-hydrogen) atoms. The smallest absolute Gasteiger partial charge is 0.144 e. The molecule has 1 fully saturated rings. The lowest BCUT2D eigenvalue weighted by atomic mass is 9.93. The molecule has 0 aromatic heterocycles. The van der Waals surface area contributed by atoms with Crippen molar-refractivity contribution >= 4 is 11.4 Å². The van der Waals surface area contributed by atoms with Crippen LogP contribution in [0, 0.1) is 0 Å². The van der Waals surface area contributed by atoms with Crippen molar-refractivity contribution in [1.82, 2.24) is 0 Å². The average molecular weight is 246 g/mol. The van der Waals surface area contributed by atoms with E-state index in [0.29, 0.717) is 12.1 Å². The number of hydrogen-bond donors (Lipinski definition) is 2. The first-order valence-electron chi connectivity index (χ1n) is 7.11. The van der Waals surface area contributed by atoms with Gasteiger partial charge in [0.15, 0.2) is 0 Å². The second kappa shape index (κ2) is 4.71. The van der Waals surface area contributed by atoms with Gasteiger partial charge in [0.25, 0.3) is 0 Å². The topological polar surface area (TPSA) is 33.3 Å². The molecule has 1 saturated carbocycles. The fourth-order valence-electron chi connectivity index (χ4n) is 3.30. The van der Waals surface area contributed by atoms with Gasteiger partial charge in [-0.05, 0) is 38.3 Å². The number of fused-ring (bicyclic) bond motifs is 1. The molecule has 0 atom stereocenters. The van der Waals surface area contributed by atoms with E-state index >= 15 is 0 Å². The highest BCUT2D eigenvalue weighted by Gasteiger charge is 2.35. The van der Waals surface area contributed by atoms with E-state index in [9.17, 15) is 0 Å². The maximum atomic E-state index is 5.71. The summed E-state index contributed by atoms with van der Waals surface area (Å²) in [5, 5.41) is 7.33. The maximum absolute atomic E-state index is 5.71. The number of nitrogens with one attached hydrogen (secondary N) is 2. The van der Waals surface area contributed by atoms with Crippen molar-refractivity contribution in [3.05, 3.63) is 18.2 Å². The van der Waals surface area contributed by atoms with E-state index in [1.54, 1.807) is 0 Å². The van der Waals surface area contributed by atoms with Crippen LogP contribution in [0.2, 0.25) is 0 Å². The molecule has 0 unspecified atom stereocenters. The second-order valence-electron chi connectivity index (χ2n) is 5.40. The SMILES string of the molecule is CCOc1cccc2c1NCCC1(CCCC1)N2. The normalized spacial score (nSPS) is 20.7. The molecule has 1 spiro atoms. The van der Waals surface area contributed by atoms with Gasteiger partial charge in [-0.2, -0.15) is 0 Å². The summed E-state index contributed by atoms with van der Waals surface area (Å²) in [4.78, 5) is 0. The lowest BCUT2D eigenvalue weighted by Gasteiger charge is -2.29. The molecule has 3 nitrogen and oxygen atoms in total. The third-order valence-electron chi connectivity index (χ3n) is 4.19. The number of para-hydroxylation sites is 1. The number of benzene rings is 1. The number of hydrogen-bond acceptors (Lipinski definition) is 3. The predicted octanol–water partition coefficient (Wildman–Crippen LogP) is 3.63. The largest absolute Gasteiger partial charge is 0.492 e. The number of ether oxygens (including phenoxy) is 1. The summed E-state index contributed by atoms with van der Waals surface area (Å²) in [6, 6.07) is 6.28. The molecule has 2 N–H and O–H groups in total. The van der Waals surface area contributed by atoms with Crippen LogP contribution in [0.3, 0.4) is 0 Å². The minimum atomic E-state index is 0.323. The minimum absolute atomic E-state index is 0.323. The summed E-state index contributed by atoms with van der Waals surface area (Å²) in [5.41, 5.74) is 2.67. The Morgan fingerprint density at radius 2 is 2.06 bits per heavy atom. The summed E-state index contributed by atoms with van der Waals surface area (Å²) < 4.78 is 5.71. The summed E-state index contributed by atoms with van der Waals surface area (Å²) in [6.45, 7) is 3.77. The highest BCUT2D eigenvalue weighted by atomic mass is 16.5. The molecule has 98 valence electrons. The van der Waals surface area contributed by atoms with Crippen molar-refractivity contribution in [3.63, 3.8) is 0 Å². The van der Waals surface area contributed by atoms with Gasteiger partial charge in [-0.1, -0.05) is 18.9 Å². The van der Waals surface area contributed by atoms with Gasteiger partial charge in [0.2, 0.25) is 0 Å². The summed E-state index contributed by atoms with van der Waals surface area (Å²) in [5.74, 6) is 0.970. The molecule has 2 aliphatic rings. The fraction of sp³-hybridized carbons (Fsp3) is 0.600. The van der Waals surface area contributed by atoms with Gasteiger partial charge in [0.1, 0.15) is 11.4 Å². The Balaban J connectivity index is 1.93. The van der Waals surface area contributed by atoms with E-state index in [4.69, 9.17) is 4.74 Å². The Hall–Kier alpha value is -1.38. The minimum Gasteiger partial charge on any atom is -0.492 e. The van der Waals surface area contributed by atoms with Crippen molar-refractivity contribution in [2.75, 3.05) is 23.8 Å². The standard InChI is InChI=1S/C15H22N2O/c1-2-18-13-7-5-6-12-14(13)16-11-10-15(17-12)8-3-4-9-15/h5-7,16-17H,2-4,8-11H2,1H3. The molecule has 1 heterocycles. The third-order valence-corrected chi connectivity index (χ3v) is 4.19. The van der Waals surface area contributed by atoms with Gasteiger partial charge < -0.3 is 15.4 Å². The van der Waals surface area contributed by atoms with Crippen LogP contribution >= 0.6 is 0 Å². The van der Waals surface area contributed by atoms with Gasteiger partial charge in [0, 0.05) is 12.1 Å². The molecular weight excluding hydrogens is 224 g/mol. The molecule has 1 aromatic carbocycles. The molecule has 0 bridgehead atoms. The molecule has 1 aliphatic heterocycles. The van der Waals surface area contributed by atoms with Gasteiger partial charge >= 0.3 is 0 Å². The lowest BCUT2D eigenvalue weighted by Crippen LogP contribution is -2.35. The van der Waals surface area contributed by atoms with Crippen LogP contribution in [0.1, 0.15) is 39.0 Å². The predicted molar refractivity (Wildman–Crippen MR) is 75.5 cm³/mol. The van der Waals surface area contributed by atoms with Crippen molar-refractivity contribution in [2.45, 2.75) is 44.6 Å². The van der Waals surface area contributed by atoms with Crippen LogP contribution in [0.4, 0.5) is 11.4 Å². The van der Waals surface area contributed by atoms with E-state index in [0.717, 1.165) is 18.0 Å². The van der Waals surface area contributed by atoms with Crippen molar-refractivity contribution < 1.29 is 4.74 Å². The van der Waals surface area contributed by atoms with Gasteiger partial charge in [-0.25, -0.2) is 0 Å². The Kier molecular flexibility index (Phi) is 3.06. The number of rotatable bonds is 2. The summed E-state index contributed by atoms with van der Waals surface area (Å²) >= 11 is 0. The third kappa shape index (κ3) is 2.02. The summed E-state index contributed by atoms with van der Waals surface area (Å²) in [7, 11) is 0. The van der Waals surface area contributed by atoms with Crippen LogP contribution in [0.25, 0.3) is 0 Å². The van der Waals surface area contributed by atoms with Crippen molar-refractivity contribution in [1.29, 1.82) is 0 Å². The fourth-order valence-corrected chi connectivity index (χ4v) is 3.30. The van der Waals surface area contributed by atoms with Crippen molar-refractivity contribution in [2.24, 2.45) is 0 Å². The maximum Gasteiger partial charge on any atom is 0.144 e. The molecule has 3 heteroatoms. The zero-order valence-electron chi connectivity index (χ0n) is 11.1. The van der Waals surface area contributed by atoms with E-state index in [1.165, 1.54) is 37.8 Å². The first kappa shape index (κ1) is 11.7. The van der Waals surface area contributed by atoms with E-state index < -0.39 is 0 Å². The zero-order chi connectivity index (χ0) is 12.4. The molecule has 3 rings (SSSR count). The van der Waals surface area contributed by atoms with Crippen LogP contribution in [0.15, 0.2) is 18.2 Å². The van der Waals surface area contributed by atoms with Gasteiger partial charge in [-0.15, -0.1) is 0 Å². The summed E-state index contributed by atoms with van der Waals surface area (Å²) in [6.07, 6.45) is 6.51. The molecular formula is C15H22N2O. The first-order chi connectivity index (χ1) is 8.83. The van der Waals surface area contributed by atoms with Crippen LogP contribution < -0.4 is 15.4 Å². The Labute approximate surface area is 109 Å². The second-order valence-corrected chi connectivity index (χ2v) is 5.40. The highest BCUT2D eigenvalue weighted by Crippen LogP contribution is 2.42. The Morgan fingerprint density at radius 3 is 2.83 bits per heavy atom. The molecule has 1 aromatic rings. The zero-order valence-corrected chi connectivity index (χ0v) is 11.1. The van der Waals surface area contributed by atoms with E-state index in [2.05, 4.69) is 22.8 Å². The average Bonchev–Trinajstić information content (AvgIpc) is 2.72. The Morgan fingerprint density at radius 1 is 1.22 bits per heavy atom. The highest BCUT2D eigenvalue weighted by molar-refractivity contribution is 5.77. The Bertz CT molecular complexity index is 425. The molecule has 0 radical (unpaired) electrons. The van der Waals surface area contributed by atoms with E-state index in [1.807, 2.05) is 13.0 Å². The van der Waals surface area contributed by atoms with Gasteiger partial charge in [0.05, 0.1) is 12.3 Å². The van der Waals surface area contributed by atoms with Crippen molar-refractivity contribution in [3.8, 4) is 5.75 Å². The molecule has 0 amide bonds. The van der Waals surface area contributed by atoms with Gasteiger partial charge in [-0.3, -0.25) is 0 Å². The van der Waals surface area contributed by atoms with Crippen LogP contribution in [0.5, 0.6) is 5.75 Å².